The van der Waals surface area contributed by atoms with Crippen molar-refractivity contribution in [1.29, 1.82) is 0 Å². The molecule has 2 aromatic rings. The van der Waals surface area contributed by atoms with E-state index in [4.69, 9.17) is 23.2 Å². The van der Waals surface area contributed by atoms with Gasteiger partial charge in [-0.1, -0.05) is 41.4 Å². The number of hydrogen-bond donors (Lipinski definition) is 1. The fraction of sp³-hybridized carbons (Fsp3) is 0.364. The minimum absolute atomic E-state index is 0.0522. The molecule has 1 saturated carbocycles. The first kappa shape index (κ1) is 19.3. The van der Waals surface area contributed by atoms with Crippen LogP contribution in [0.4, 0.5) is 5.69 Å². The second kappa shape index (κ2) is 8.14. The molecule has 2 fully saturated rings. The van der Waals surface area contributed by atoms with Crippen molar-refractivity contribution in [3.05, 3.63) is 64.1 Å². The van der Waals surface area contributed by atoms with Gasteiger partial charge in [-0.3, -0.25) is 9.59 Å². The Morgan fingerprint density at radius 1 is 1.04 bits per heavy atom. The van der Waals surface area contributed by atoms with Crippen molar-refractivity contribution in [2.24, 2.45) is 5.92 Å². The summed E-state index contributed by atoms with van der Waals surface area (Å²) in [5.74, 6) is 0.287. The number of rotatable bonds is 5. The Balaban J connectivity index is 1.66. The molecule has 2 atom stereocenters. The van der Waals surface area contributed by atoms with Crippen molar-refractivity contribution in [1.82, 2.24) is 4.90 Å². The van der Waals surface area contributed by atoms with Gasteiger partial charge in [-0.15, -0.1) is 0 Å². The van der Waals surface area contributed by atoms with Crippen LogP contribution in [-0.4, -0.2) is 29.3 Å². The Morgan fingerprint density at radius 2 is 1.75 bits per heavy atom. The van der Waals surface area contributed by atoms with Crippen LogP contribution in [-0.2, 0) is 9.59 Å². The summed E-state index contributed by atoms with van der Waals surface area (Å²) in [6.45, 7) is 0.642. The first-order valence-electron chi connectivity index (χ1n) is 9.62. The van der Waals surface area contributed by atoms with E-state index in [2.05, 4.69) is 5.32 Å². The maximum atomic E-state index is 13.3. The molecule has 0 radical (unpaired) electrons. The highest BCUT2D eigenvalue weighted by atomic mass is 35.5. The topological polar surface area (TPSA) is 49.4 Å². The van der Waals surface area contributed by atoms with Crippen molar-refractivity contribution in [2.75, 3.05) is 11.9 Å². The summed E-state index contributed by atoms with van der Waals surface area (Å²) in [6.07, 6.45) is 3.32. The Labute approximate surface area is 174 Å². The second-order valence-corrected chi connectivity index (χ2v) is 8.51. The number of amides is 2. The molecule has 1 saturated heterocycles. The number of nitrogens with zero attached hydrogens (tertiary/aromatic N) is 1. The predicted molar refractivity (Wildman–Crippen MR) is 112 cm³/mol. The SMILES string of the molecule is O=C(Nc1cccc(Cl)c1)C1[C@H](c2cccc(Cl)c2)CCC(=O)N1CC1CC1. The van der Waals surface area contributed by atoms with Gasteiger partial charge in [0.2, 0.25) is 11.8 Å². The molecule has 146 valence electrons. The molecular weight excluding hydrogens is 395 g/mol. The largest absolute Gasteiger partial charge is 0.330 e. The summed E-state index contributed by atoms with van der Waals surface area (Å²) in [7, 11) is 0. The van der Waals surface area contributed by atoms with Crippen LogP contribution in [0.2, 0.25) is 10.0 Å². The van der Waals surface area contributed by atoms with Gasteiger partial charge in [-0.2, -0.15) is 0 Å². The molecular formula is C22H22Cl2N2O2. The van der Waals surface area contributed by atoms with Crippen molar-refractivity contribution in [3.63, 3.8) is 0 Å². The van der Waals surface area contributed by atoms with E-state index in [9.17, 15) is 9.59 Å². The van der Waals surface area contributed by atoms with Gasteiger partial charge < -0.3 is 10.2 Å². The lowest BCUT2D eigenvalue weighted by molar-refractivity contribution is -0.143. The minimum Gasteiger partial charge on any atom is -0.330 e. The van der Waals surface area contributed by atoms with Gasteiger partial charge in [0.15, 0.2) is 0 Å². The van der Waals surface area contributed by atoms with Gasteiger partial charge in [0.05, 0.1) is 0 Å². The highest BCUT2D eigenvalue weighted by molar-refractivity contribution is 6.31. The van der Waals surface area contributed by atoms with Crippen LogP contribution >= 0.6 is 23.2 Å². The second-order valence-electron chi connectivity index (χ2n) is 7.63. The molecule has 1 unspecified atom stereocenters. The third-order valence-electron chi connectivity index (χ3n) is 5.50. The van der Waals surface area contributed by atoms with Gasteiger partial charge >= 0.3 is 0 Å². The van der Waals surface area contributed by atoms with Crippen LogP contribution in [0.25, 0.3) is 0 Å². The Kier molecular flexibility index (Phi) is 5.61. The summed E-state index contributed by atoms with van der Waals surface area (Å²) in [4.78, 5) is 27.8. The molecule has 0 spiro atoms. The lowest BCUT2D eigenvalue weighted by Crippen LogP contribution is -2.54. The Hall–Kier alpha value is -2.04. The molecule has 6 heteroatoms. The molecule has 1 aliphatic heterocycles. The molecule has 2 aliphatic rings. The van der Waals surface area contributed by atoms with E-state index >= 15 is 0 Å². The predicted octanol–water partition coefficient (Wildman–Crippen LogP) is 5.12. The highest BCUT2D eigenvalue weighted by Gasteiger charge is 2.43. The summed E-state index contributed by atoms with van der Waals surface area (Å²) in [5, 5.41) is 4.15. The molecule has 1 N–H and O–H groups in total. The zero-order valence-electron chi connectivity index (χ0n) is 15.4. The van der Waals surface area contributed by atoms with Gasteiger partial charge in [-0.25, -0.2) is 0 Å². The fourth-order valence-electron chi connectivity index (χ4n) is 3.94. The molecule has 2 aromatic carbocycles. The Morgan fingerprint density at radius 3 is 2.43 bits per heavy atom. The van der Waals surface area contributed by atoms with Crippen molar-refractivity contribution >= 4 is 40.7 Å². The first-order valence-corrected chi connectivity index (χ1v) is 10.4. The van der Waals surface area contributed by atoms with Crippen LogP contribution in [0.15, 0.2) is 48.5 Å². The number of piperidine rings is 1. The van der Waals surface area contributed by atoms with Crippen LogP contribution < -0.4 is 5.32 Å². The van der Waals surface area contributed by atoms with E-state index in [1.807, 2.05) is 24.3 Å². The monoisotopic (exact) mass is 416 g/mol. The average Bonchev–Trinajstić information content (AvgIpc) is 3.47. The van der Waals surface area contributed by atoms with Crippen LogP contribution in [0, 0.1) is 5.92 Å². The molecule has 28 heavy (non-hydrogen) atoms. The number of nitrogens with one attached hydrogen (secondary N) is 1. The van der Waals surface area contributed by atoms with Gasteiger partial charge in [0.1, 0.15) is 6.04 Å². The molecule has 0 aromatic heterocycles. The first-order chi connectivity index (χ1) is 13.5. The third kappa shape index (κ3) is 4.34. The van der Waals surface area contributed by atoms with E-state index in [1.165, 1.54) is 0 Å². The molecule has 2 amide bonds. The van der Waals surface area contributed by atoms with E-state index in [0.29, 0.717) is 41.0 Å². The summed E-state index contributed by atoms with van der Waals surface area (Å²) < 4.78 is 0. The van der Waals surface area contributed by atoms with Crippen molar-refractivity contribution < 1.29 is 9.59 Å². The normalized spacial score (nSPS) is 22.2. The minimum atomic E-state index is -0.556. The summed E-state index contributed by atoms with van der Waals surface area (Å²) >= 11 is 12.3. The molecule has 4 rings (SSSR count). The number of hydrogen-bond acceptors (Lipinski definition) is 2. The molecule has 4 nitrogen and oxygen atoms in total. The van der Waals surface area contributed by atoms with E-state index in [1.54, 1.807) is 29.2 Å². The number of likely N-dealkylation sites (tertiary alicyclic amines) is 1. The van der Waals surface area contributed by atoms with Crippen molar-refractivity contribution in [2.45, 2.75) is 37.6 Å². The third-order valence-corrected chi connectivity index (χ3v) is 5.97. The lowest BCUT2D eigenvalue weighted by atomic mass is 9.82. The molecule has 1 heterocycles. The van der Waals surface area contributed by atoms with Gasteiger partial charge in [0.25, 0.3) is 0 Å². The number of halogens is 2. The van der Waals surface area contributed by atoms with Crippen molar-refractivity contribution in [3.8, 4) is 0 Å². The average molecular weight is 417 g/mol. The molecule has 0 bridgehead atoms. The standard InChI is InChI=1S/C22H22Cl2N2O2/c23-16-4-1-3-15(11-16)19-9-10-20(27)26(13-14-7-8-14)21(19)22(28)25-18-6-2-5-17(24)12-18/h1-6,11-12,14,19,21H,7-10,13H2,(H,25,28)/t19-,21?/m0/s1. The number of benzene rings is 2. The molecule has 1 aliphatic carbocycles. The maximum Gasteiger partial charge on any atom is 0.247 e. The van der Waals surface area contributed by atoms with Crippen LogP contribution in [0.3, 0.4) is 0 Å². The summed E-state index contributed by atoms with van der Waals surface area (Å²) in [5.41, 5.74) is 1.62. The fourth-order valence-corrected chi connectivity index (χ4v) is 4.33. The van der Waals surface area contributed by atoms with Gasteiger partial charge in [0, 0.05) is 34.6 Å². The quantitative estimate of drug-likeness (QED) is 0.735. The van der Waals surface area contributed by atoms with Crippen LogP contribution in [0.5, 0.6) is 0 Å². The highest BCUT2D eigenvalue weighted by Crippen LogP contribution is 2.38. The zero-order chi connectivity index (χ0) is 19.7. The Bertz CT molecular complexity index is 898. The smallest absolute Gasteiger partial charge is 0.247 e. The number of carbonyl (C=O) groups excluding carboxylic acids is 2. The lowest BCUT2D eigenvalue weighted by Gasteiger charge is -2.40. The number of anilines is 1. The van der Waals surface area contributed by atoms with E-state index in [-0.39, 0.29) is 17.7 Å². The van der Waals surface area contributed by atoms with E-state index in [0.717, 1.165) is 18.4 Å². The van der Waals surface area contributed by atoms with Crippen LogP contribution in [0.1, 0.15) is 37.2 Å². The number of carbonyl (C=O) groups is 2. The summed E-state index contributed by atoms with van der Waals surface area (Å²) in [6, 6.07) is 14.1. The zero-order valence-corrected chi connectivity index (χ0v) is 16.9. The van der Waals surface area contributed by atoms with Gasteiger partial charge in [-0.05, 0) is 61.1 Å². The van der Waals surface area contributed by atoms with E-state index < -0.39 is 6.04 Å². The maximum absolute atomic E-state index is 13.3.